The minimum absolute atomic E-state index is 0.0914. The van der Waals surface area contributed by atoms with Crippen LogP contribution < -0.4 is 0 Å². The van der Waals surface area contributed by atoms with Crippen molar-refractivity contribution >= 4 is 17.7 Å². The molecular weight excluding hydrogens is 372 g/mol. The van der Waals surface area contributed by atoms with E-state index in [0.29, 0.717) is 29.6 Å². The smallest absolute Gasteiger partial charge is 0.305 e. The van der Waals surface area contributed by atoms with Crippen molar-refractivity contribution in [3.8, 4) is 0 Å². The van der Waals surface area contributed by atoms with Crippen LogP contribution in [0.5, 0.6) is 0 Å². The zero-order valence-corrected chi connectivity index (χ0v) is 19.4. The van der Waals surface area contributed by atoms with Gasteiger partial charge in [-0.1, -0.05) is 46.5 Å². The molecule has 1 rings (SSSR count). The summed E-state index contributed by atoms with van der Waals surface area (Å²) in [5.41, 5.74) is 0.337. The number of ether oxygens (including phenoxy) is 1. The molecule has 0 bridgehead atoms. The molecule has 28 heavy (non-hydrogen) atoms. The second kappa shape index (κ2) is 13.9. The molecule has 1 aliphatic rings. The highest BCUT2D eigenvalue weighted by atomic mass is 32.2. The first kappa shape index (κ1) is 25.8. The lowest BCUT2D eigenvalue weighted by Crippen LogP contribution is -2.23. The van der Waals surface area contributed by atoms with E-state index in [9.17, 15) is 15.0 Å². The molecule has 2 N–H and O–H groups in total. The summed E-state index contributed by atoms with van der Waals surface area (Å²) in [6, 6.07) is 0. The summed E-state index contributed by atoms with van der Waals surface area (Å²) in [5, 5.41) is 21.1. The third-order valence-corrected chi connectivity index (χ3v) is 7.25. The van der Waals surface area contributed by atoms with Crippen LogP contribution in [0.2, 0.25) is 0 Å². The highest BCUT2D eigenvalue weighted by Gasteiger charge is 2.34. The maximum Gasteiger partial charge on any atom is 0.305 e. The van der Waals surface area contributed by atoms with E-state index in [-0.39, 0.29) is 18.2 Å². The standard InChI is InChI=1S/C23H44O4S/c1-5-27-22(26)13-9-7-6-8-12-19-20(25)14-15-21(19)28-17-18(24)11-10-16-23(2,3)4/h18-21,24-25H,5-17H2,1-4H3. The summed E-state index contributed by atoms with van der Waals surface area (Å²) < 4.78 is 4.95. The van der Waals surface area contributed by atoms with Gasteiger partial charge < -0.3 is 14.9 Å². The Bertz CT molecular complexity index is 421. The van der Waals surface area contributed by atoms with Crippen LogP contribution in [0.15, 0.2) is 0 Å². The predicted molar refractivity (Wildman–Crippen MR) is 119 cm³/mol. The van der Waals surface area contributed by atoms with Crippen LogP contribution in [0.4, 0.5) is 0 Å². The number of carbonyl (C=O) groups is 1. The lowest BCUT2D eigenvalue weighted by Gasteiger charge is -2.23. The van der Waals surface area contributed by atoms with Gasteiger partial charge in [-0.2, -0.15) is 11.8 Å². The van der Waals surface area contributed by atoms with Gasteiger partial charge in [-0.05, 0) is 56.8 Å². The molecule has 0 heterocycles. The molecule has 0 aromatic rings. The Morgan fingerprint density at radius 3 is 2.54 bits per heavy atom. The Kier molecular flexibility index (Phi) is 12.8. The molecule has 5 heteroatoms. The Balaban J connectivity index is 2.18. The average molecular weight is 417 g/mol. The summed E-state index contributed by atoms with van der Waals surface area (Å²) >= 11 is 1.87. The Labute approximate surface area is 177 Å². The molecule has 0 amide bonds. The summed E-state index contributed by atoms with van der Waals surface area (Å²) in [4.78, 5) is 11.3. The Morgan fingerprint density at radius 2 is 1.86 bits per heavy atom. The topological polar surface area (TPSA) is 66.8 Å². The number of hydrogen-bond donors (Lipinski definition) is 2. The predicted octanol–water partition coefficient (Wildman–Crippen LogP) is 5.34. The zero-order valence-electron chi connectivity index (χ0n) is 18.6. The number of unbranched alkanes of at least 4 members (excludes halogenated alkanes) is 3. The fraction of sp³-hybridized carbons (Fsp3) is 0.957. The molecule has 0 aromatic carbocycles. The first-order chi connectivity index (χ1) is 13.2. The molecule has 0 aromatic heterocycles. The lowest BCUT2D eigenvalue weighted by atomic mass is 9.89. The second-order valence-corrected chi connectivity index (χ2v) is 10.8. The molecule has 4 unspecified atom stereocenters. The van der Waals surface area contributed by atoms with E-state index in [1.165, 1.54) is 0 Å². The van der Waals surface area contributed by atoms with Crippen LogP contribution in [-0.2, 0) is 9.53 Å². The molecule has 4 nitrogen and oxygen atoms in total. The summed E-state index contributed by atoms with van der Waals surface area (Å²) in [7, 11) is 0. The third kappa shape index (κ3) is 11.7. The first-order valence-electron chi connectivity index (χ1n) is 11.4. The SMILES string of the molecule is CCOC(=O)CCCCCCC1C(O)CCC1SCC(O)CCCC(C)(C)C. The van der Waals surface area contributed by atoms with Gasteiger partial charge in [0.2, 0.25) is 0 Å². The molecule has 0 spiro atoms. The van der Waals surface area contributed by atoms with Gasteiger partial charge >= 0.3 is 5.97 Å². The summed E-state index contributed by atoms with van der Waals surface area (Å²) in [6.45, 7) is 9.04. The number of hydrogen-bond acceptors (Lipinski definition) is 5. The maximum atomic E-state index is 11.3. The molecule has 166 valence electrons. The van der Waals surface area contributed by atoms with Gasteiger partial charge in [0.25, 0.3) is 0 Å². The van der Waals surface area contributed by atoms with Gasteiger partial charge in [-0.3, -0.25) is 4.79 Å². The van der Waals surface area contributed by atoms with Crippen LogP contribution in [0.3, 0.4) is 0 Å². The van der Waals surface area contributed by atoms with Crippen molar-refractivity contribution < 1.29 is 19.7 Å². The van der Waals surface area contributed by atoms with Crippen LogP contribution >= 0.6 is 11.8 Å². The van der Waals surface area contributed by atoms with Gasteiger partial charge in [-0.25, -0.2) is 0 Å². The third-order valence-electron chi connectivity index (χ3n) is 5.66. The number of aliphatic hydroxyl groups is 2. The molecule has 1 aliphatic carbocycles. The van der Waals surface area contributed by atoms with E-state index in [4.69, 9.17) is 4.74 Å². The first-order valence-corrected chi connectivity index (χ1v) is 12.4. The van der Waals surface area contributed by atoms with Gasteiger partial charge in [0, 0.05) is 17.4 Å². The number of thioether (sulfide) groups is 1. The van der Waals surface area contributed by atoms with E-state index in [1.54, 1.807) is 0 Å². The van der Waals surface area contributed by atoms with Crippen LogP contribution in [-0.4, -0.2) is 46.0 Å². The maximum absolute atomic E-state index is 11.3. The number of esters is 1. The Morgan fingerprint density at radius 1 is 1.14 bits per heavy atom. The minimum Gasteiger partial charge on any atom is -0.466 e. The van der Waals surface area contributed by atoms with E-state index < -0.39 is 0 Å². The van der Waals surface area contributed by atoms with Crippen LogP contribution in [0.1, 0.15) is 98.3 Å². The second-order valence-electron chi connectivity index (χ2n) is 9.54. The minimum atomic E-state index is -0.228. The normalized spacial score (nSPS) is 23.7. The monoisotopic (exact) mass is 416 g/mol. The number of aliphatic hydroxyl groups excluding tert-OH is 2. The van der Waals surface area contributed by atoms with Crippen molar-refractivity contribution in [3.63, 3.8) is 0 Å². The molecular formula is C23H44O4S. The van der Waals surface area contributed by atoms with Crippen LogP contribution in [0.25, 0.3) is 0 Å². The van der Waals surface area contributed by atoms with Crippen molar-refractivity contribution in [3.05, 3.63) is 0 Å². The quantitative estimate of drug-likeness (QED) is 0.295. The summed E-state index contributed by atoms with van der Waals surface area (Å²) in [5.74, 6) is 1.06. The number of carbonyl (C=O) groups excluding carboxylic acids is 1. The van der Waals surface area contributed by atoms with Crippen molar-refractivity contribution in [2.45, 2.75) is 116 Å². The molecule has 4 atom stereocenters. The average Bonchev–Trinajstić information content (AvgIpc) is 2.95. The highest BCUT2D eigenvalue weighted by Crippen LogP contribution is 2.39. The number of rotatable bonds is 14. The van der Waals surface area contributed by atoms with Crippen molar-refractivity contribution in [2.24, 2.45) is 11.3 Å². The molecule has 1 saturated carbocycles. The molecule has 0 aliphatic heterocycles. The van der Waals surface area contributed by atoms with Gasteiger partial charge in [0.05, 0.1) is 18.8 Å². The van der Waals surface area contributed by atoms with Crippen molar-refractivity contribution in [1.29, 1.82) is 0 Å². The zero-order chi connectivity index (χ0) is 21.0. The molecule has 0 radical (unpaired) electrons. The van der Waals surface area contributed by atoms with Gasteiger partial charge in [-0.15, -0.1) is 0 Å². The lowest BCUT2D eigenvalue weighted by molar-refractivity contribution is -0.143. The Hall–Kier alpha value is -0.260. The fourth-order valence-electron chi connectivity index (χ4n) is 4.02. The van der Waals surface area contributed by atoms with Crippen molar-refractivity contribution in [1.82, 2.24) is 0 Å². The van der Waals surface area contributed by atoms with Crippen LogP contribution in [0, 0.1) is 11.3 Å². The molecule has 0 saturated heterocycles. The van der Waals surface area contributed by atoms with Gasteiger partial charge in [0.1, 0.15) is 0 Å². The van der Waals surface area contributed by atoms with E-state index in [1.807, 2.05) is 18.7 Å². The van der Waals surface area contributed by atoms with Gasteiger partial charge in [0.15, 0.2) is 0 Å². The van der Waals surface area contributed by atoms with E-state index in [0.717, 1.165) is 70.0 Å². The highest BCUT2D eigenvalue weighted by molar-refractivity contribution is 7.99. The largest absolute Gasteiger partial charge is 0.466 e. The van der Waals surface area contributed by atoms with E-state index in [2.05, 4.69) is 20.8 Å². The fourth-order valence-corrected chi connectivity index (χ4v) is 5.52. The van der Waals surface area contributed by atoms with Crippen molar-refractivity contribution in [2.75, 3.05) is 12.4 Å². The molecule has 1 fully saturated rings. The summed E-state index contributed by atoms with van der Waals surface area (Å²) in [6.07, 6.45) is 10.4. The van der Waals surface area contributed by atoms with E-state index >= 15 is 0 Å².